The average Bonchev–Trinajstić information content (AvgIpc) is 3.83. The van der Waals surface area contributed by atoms with Crippen molar-refractivity contribution in [2.45, 2.75) is 50.9 Å². The van der Waals surface area contributed by atoms with Crippen LogP contribution < -0.4 is 10.2 Å². The Hall–Kier alpha value is -5.94. The zero-order chi connectivity index (χ0) is 44.1. The summed E-state index contributed by atoms with van der Waals surface area (Å²) in [4.78, 5) is 24.8. The number of carbonyl (C=O) groups is 2. The lowest BCUT2D eigenvalue weighted by Gasteiger charge is -2.27. The molecule has 19 heteroatoms. The van der Waals surface area contributed by atoms with Crippen molar-refractivity contribution in [3.05, 3.63) is 153 Å². The number of carboxylic acid groups (broad SMARTS) is 1. The molecule has 2 N–H and O–H groups in total. The standard InChI is InChI=1S/C21H16ClF4N3O.C12H12FN3.C9H6ClF3O2/c22-17-10-13(3-8-16(17)21(24,25)26)11-20(30)28-9-1-2-18-19(28)12-27-29(18)15-6-4-14(23)5-7-15;13-9-3-5-10(6-4-9)16-12-2-1-7-14-11(12)8-15-16;10-7-3-5(4-8(14)15)1-2-6(7)9(11,12)13/h3-8,10,12H,1-2,9,11H2;3-6,8,14H,1-2,7H2;1-3H,4H2,(H,14,15). The molecular formula is C42H34Cl2F8N6O3. The molecule has 0 fully saturated rings. The number of nitrogens with zero attached hydrogens (tertiary/aromatic N) is 5. The van der Waals surface area contributed by atoms with Gasteiger partial charge >= 0.3 is 18.3 Å². The number of anilines is 2. The monoisotopic (exact) mass is 892 g/mol. The molecule has 0 radical (unpaired) electrons. The van der Waals surface area contributed by atoms with Crippen molar-refractivity contribution in [3.63, 3.8) is 0 Å². The fraction of sp³-hybridized carbons (Fsp3) is 0.238. The lowest BCUT2D eigenvalue weighted by Crippen LogP contribution is -2.36. The van der Waals surface area contributed by atoms with Gasteiger partial charge in [-0.2, -0.15) is 36.5 Å². The Bertz CT molecular complexity index is 2500. The number of carbonyl (C=O) groups excluding carboxylic acids is 1. The van der Waals surface area contributed by atoms with Gasteiger partial charge in [0.15, 0.2) is 0 Å². The van der Waals surface area contributed by atoms with E-state index in [9.17, 15) is 44.7 Å². The number of halogens is 10. The van der Waals surface area contributed by atoms with Gasteiger partial charge in [-0.25, -0.2) is 18.1 Å². The minimum atomic E-state index is -4.55. The van der Waals surface area contributed by atoms with Crippen LogP contribution in [0.3, 0.4) is 0 Å². The number of amides is 1. The first kappa shape index (κ1) is 44.6. The van der Waals surface area contributed by atoms with E-state index in [1.165, 1.54) is 42.1 Å². The van der Waals surface area contributed by atoms with Crippen LogP contribution >= 0.6 is 23.2 Å². The van der Waals surface area contributed by atoms with Gasteiger partial charge in [0.05, 0.1) is 80.5 Å². The largest absolute Gasteiger partial charge is 0.481 e. The molecule has 0 bridgehead atoms. The Morgan fingerprint density at radius 3 is 1.67 bits per heavy atom. The van der Waals surface area contributed by atoms with E-state index >= 15 is 0 Å². The SMILES string of the molecule is Fc1ccc(-n2ncc3c2CCCN3)cc1.O=C(Cc1ccc(C(F)(F)F)c(Cl)c1)N1CCCc2c1cnn2-c1ccc(F)cc1.O=C(O)Cc1ccc(C(F)(F)F)c(Cl)c1. The van der Waals surface area contributed by atoms with E-state index in [0.717, 1.165) is 60.7 Å². The zero-order valence-corrected chi connectivity index (χ0v) is 33.2. The van der Waals surface area contributed by atoms with Gasteiger partial charge in [-0.3, -0.25) is 9.59 Å². The number of benzene rings is 4. The maximum Gasteiger partial charge on any atom is 0.417 e. The first-order valence-electron chi connectivity index (χ1n) is 18.5. The van der Waals surface area contributed by atoms with Gasteiger partial charge < -0.3 is 15.3 Å². The predicted octanol–water partition coefficient (Wildman–Crippen LogP) is 10.6. The first-order valence-corrected chi connectivity index (χ1v) is 19.3. The minimum absolute atomic E-state index is 0.0843. The summed E-state index contributed by atoms with van der Waals surface area (Å²) in [6, 6.07) is 18.5. The van der Waals surface area contributed by atoms with Crippen molar-refractivity contribution < 1.29 is 49.8 Å². The van der Waals surface area contributed by atoms with Crippen LogP contribution in [0.2, 0.25) is 10.0 Å². The van der Waals surface area contributed by atoms with E-state index in [2.05, 4.69) is 15.5 Å². The lowest BCUT2D eigenvalue weighted by atomic mass is 10.1. The summed E-state index contributed by atoms with van der Waals surface area (Å²) in [7, 11) is 0. The molecule has 320 valence electrons. The highest BCUT2D eigenvalue weighted by Crippen LogP contribution is 2.37. The molecule has 0 atom stereocenters. The van der Waals surface area contributed by atoms with Gasteiger partial charge in [-0.15, -0.1) is 0 Å². The van der Waals surface area contributed by atoms with Crippen molar-refractivity contribution in [1.82, 2.24) is 19.6 Å². The number of aliphatic carboxylic acids is 1. The number of alkyl halides is 6. The number of nitrogens with one attached hydrogen (secondary N) is 1. The van der Waals surface area contributed by atoms with Crippen LogP contribution in [-0.2, 0) is 47.6 Å². The molecule has 0 aliphatic carbocycles. The van der Waals surface area contributed by atoms with Gasteiger partial charge in [-0.1, -0.05) is 35.3 Å². The number of fused-ring (bicyclic) bond motifs is 2. The second kappa shape index (κ2) is 18.8. The molecule has 9 nitrogen and oxygen atoms in total. The molecule has 4 heterocycles. The van der Waals surface area contributed by atoms with Gasteiger partial charge in [0.2, 0.25) is 5.91 Å². The summed E-state index contributed by atoms with van der Waals surface area (Å²) in [5.74, 6) is -1.95. The van der Waals surface area contributed by atoms with E-state index in [-0.39, 0.29) is 35.9 Å². The minimum Gasteiger partial charge on any atom is -0.481 e. The second-order valence-electron chi connectivity index (χ2n) is 13.8. The predicted molar refractivity (Wildman–Crippen MR) is 212 cm³/mol. The van der Waals surface area contributed by atoms with E-state index in [4.69, 9.17) is 28.3 Å². The normalized spacial score (nSPS) is 13.4. The average molecular weight is 894 g/mol. The second-order valence-corrected chi connectivity index (χ2v) is 14.6. The number of hydrogen-bond donors (Lipinski definition) is 2. The number of aromatic nitrogens is 4. The molecule has 0 unspecified atom stereocenters. The highest BCUT2D eigenvalue weighted by atomic mass is 35.5. The topological polar surface area (TPSA) is 105 Å². The molecule has 0 spiro atoms. The van der Waals surface area contributed by atoms with Crippen molar-refractivity contribution in [2.24, 2.45) is 0 Å². The van der Waals surface area contributed by atoms with E-state index in [1.54, 1.807) is 40.0 Å². The van der Waals surface area contributed by atoms with E-state index in [1.807, 2.05) is 10.9 Å². The molecule has 2 aliphatic rings. The summed E-state index contributed by atoms with van der Waals surface area (Å²) in [5, 5.41) is 19.5. The fourth-order valence-electron chi connectivity index (χ4n) is 6.70. The molecule has 6 aromatic rings. The van der Waals surface area contributed by atoms with Crippen LogP contribution in [0.1, 0.15) is 46.5 Å². The molecule has 1 amide bonds. The highest BCUT2D eigenvalue weighted by molar-refractivity contribution is 6.31. The highest BCUT2D eigenvalue weighted by Gasteiger charge is 2.34. The number of carboxylic acids is 1. The summed E-state index contributed by atoms with van der Waals surface area (Å²) in [6.07, 6.45) is -2.55. The maximum absolute atomic E-state index is 13.2. The molecule has 8 rings (SSSR count). The van der Waals surface area contributed by atoms with Crippen LogP contribution in [0.15, 0.2) is 97.3 Å². The van der Waals surface area contributed by atoms with Crippen LogP contribution in [0.25, 0.3) is 11.4 Å². The smallest absolute Gasteiger partial charge is 0.417 e. The van der Waals surface area contributed by atoms with Gasteiger partial charge in [0, 0.05) is 13.1 Å². The van der Waals surface area contributed by atoms with Gasteiger partial charge in [-0.05, 0) is 110 Å². The van der Waals surface area contributed by atoms with E-state index in [0.29, 0.717) is 36.3 Å². The molecule has 4 aromatic carbocycles. The Morgan fingerprint density at radius 1 is 0.672 bits per heavy atom. The van der Waals surface area contributed by atoms with Crippen molar-refractivity contribution in [3.8, 4) is 11.4 Å². The third-order valence-corrected chi connectivity index (χ3v) is 10.2. The number of hydrogen-bond acceptors (Lipinski definition) is 5. The molecular weight excluding hydrogens is 859 g/mol. The zero-order valence-electron chi connectivity index (χ0n) is 31.7. The van der Waals surface area contributed by atoms with Gasteiger partial charge in [0.1, 0.15) is 11.6 Å². The Labute approximate surface area is 353 Å². The number of rotatable bonds is 6. The third-order valence-electron chi connectivity index (χ3n) is 9.54. The summed E-state index contributed by atoms with van der Waals surface area (Å²) in [5.41, 5.74) is 4.08. The van der Waals surface area contributed by atoms with E-state index < -0.39 is 39.5 Å². The Balaban J connectivity index is 0.000000169. The van der Waals surface area contributed by atoms with Crippen LogP contribution in [0.4, 0.5) is 46.5 Å². The quantitative estimate of drug-likeness (QED) is 0.161. The summed E-state index contributed by atoms with van der Waals surface area (Å²) < 4.78 is 105. The van der Waals surface area contributed by atoms with Gasteiger partial charge in [0.25, 0.3) is 0 Å². The first-order chi connectivity index (χ1) is 28.9. The maximum atomic E-state index is 13.2. The van der Waals surface area contributed by atoms with Crippen molar-refractivity contribution >= 4 is 46.5 Å². The molecule has 2 aliphatic heterocycles. The van der Waals surface area contributed by atoms with Crippen molar-refractivity contribution in [1.29, 1.82) is 0 Å². The molecule has 61 heavy (non-hydrogen) atoms. The Kier molecular flexibility index (Phi) is 13.7. The summed E-state index contributed by atoms with van der Waals surface area (Å²) in [6.45, 7) is 1.48. The third kappa shape index (κ3) is 11.1. The molecule has 2 aromatic heterocycles. The molecule has 0 saturated heterocycles. The van der Waals surface area contributed by atoms with Crippen LogP contribution in [-0.4, -0.2) is 49.6 Å². The fourth-order valence-corrected chi connectivity index (χ4v) is 7.32. The van der Waals surface area contributed by atoms with Crippen LogP contribution in [0, 0.1) is 11.6 Å². The summed E-state index contributed by atoms with van der Waals surface area (Å²) >= 11 is 11.1. The van der Waals surface area contributed by atoms with Crippen molar-refractivity contribution in [2.75, 3.05) is 23.3 Å². The Morgan fingerprint density at radius 2 is 1.16 bits per heavy atom. The molecule has 0 saturated carbocycles. The van der Waals surface area contributed by atoms with Crippen LogP contribution in [0.5, 0.6) is 0 Å². The lowest BCUT2D eigenvalue weighted by molar-refractivity contribution is -0.138.